The lowest BCUT2D eigenvalue weighted by Gasteiger charge is -2.03. The minimum Gasteiger partial charge on any atom is -0.363 e. The Balaban J connectivity index is 0. The van der Waals surface area contributed by atoms with E-state index in [1.807, 2.05) is 53.7 Å². The van der Waals surface area contributed by atoms with Crippen LogP contribution in [0.4, 0.5) is 0 Å². The van der Waals surface area contributed by atoms with E-state index in [1.54, 1.807) is 0 Å². The van der Waals surface area contributed by atoms with Gasteiger partial charge in [0.1, 0.15) is 0 Å². The molecule has 0 aromatic rings. The Bertz CT molecular complexity index is 116. The fourth-order valence-electron chi connectivity index (χ4n) is 0.455. The van der Waals surface area contributed by atoms with Gasteiger partial charge in [0.05, 0.1) is 0 Å². The van der Waals surface area contributed by atoms with Crippen LogP contribution in [0.1, 0.15) is 41.5 Å². The molecule has 0 unspecified atom stereocenters. The van der Waals surface area contributed by atoms with Crippen LogP contribution in [-0.4, -0.2) is 0 Å². The summed E-state index contributed by atoms with van der Waals surface area (Å²) in [5, 5.41) is 3.20. The molecule has 0 bridgehead atoms. The average Bonchev–Trinajstić information content (AvgIpc) is 2.07. The van der Waals surface area contributed by atoms with Gasteiger partial charge in [0.2, 0.25) is 0 Å². The summed E-state index contributed by atoms with van der Waals surface area (Å²) in [4.78, 5) is 0. The molecule has 0 saturated heterocycles. The molecule has 0 fully saturated rings. The molecular formula is C10H21N. The third-order valence-corrected chi connectivity index (χ3v) is 1.26. The zero-order valence-corrected chi connectivity index (χ0v) is 8.65. The number of rotatable bonds is 2. The second kappa shape index (κ2) is 9.28. The predicted molar refractivity (Wildman–Crippen MR) is 53.3 cm³/mol. The molecule has 0 saturated carbocycles. The van der Waals surface area contributed by atoms with Crippen LogP contribution in [0.25, 0.3) is 0 Å². The smallest absolute Gasteiger partial charge is 0.00736 e. The summed E-state index contributed by atoms with van der Waals surface area (Å²) >= 11 is 0. The largest absolute Gasteiger partial charge is 0.363 e. The van der Waals surface area contributed by atoms with E-state index in [-0.39, 0.29) is 0 Å². The molecule has 0 aromatic heterocycles. The summed E-state index contributed by atoms with van der Waals surface area (Å²) in [7, 11) is 0. The normalized spacial score (nSPS) is 11.8. The maximum absolute atomic E-state index is 3.20. The van der Waals surface area contributed by atoms with Crippen LogP contribution >= 0.6 is 0 Å². The van der Waals surface area contributed by atoms with E-state index >= 15 is 0 Å². The first-order chi connectivity index (χ1) is 5.20. The van der Waals surface area contributed by atoms with Gasteiger partial charge in [-0.05, 0) is 27.7 Å². The van der Waals surface area contributed by atoms with E-state index in [0.717, 1.165) is 0 Å². The lowest BCUT2D eigenvalue weighted by molar-refractivity contribution is 0.959. The van der Waals surface area contributed by atoms with Gasteiger partial charge in [-0.1, -0.05) is 26.0 Å². The van der Waals surface area contributed by atoms with E-state index in [2.05, 4.69) is 5.32 Å². The quantitative estimate of drug-likeness (QED) is 0.644. The molecule has 0 aromatic carbocycles. The molecule has 0 atom stereocenters. The van der Waals surface area contributed by atoms with Crippen LogP contribution < -0.4 is 5.32 Å². The van der Waals surface area contributed by atoms with Gasteiger partial charge in [-0.15, -0.1) is 0 Å². The van der Waals surface area contributed by atoms with Crippen molar-refractivity contribution in [1.29, 1.82) is 0 Å². The summed E-state index contributed by atoms with van der Waals surface area (Å²) < 4.78 is 0. The maximum Gasteiger partial charge on any atom is 0.00736 e. The molecule has 0 radical (unpaired) electrons. The molecule has 1 heteroatoms. The van der Waals surface area contributed by atoms with Crippen molar-refractivity contribution in [2.45, 2.75) is 41.5 Å². The second-order valence-electron chi connectivity index (χ2n) is 2.07. The lowest BCUT2D eigenvalue weighted by Crippen LogP contribution is -2.06. The highest BCUT2D eigenvalue weighted by Crippen LogP contribution is 1.91. The fourth-order valence-corrected chi connectivity index (χ4v) is 0.455. The first kappa shape index (κ1) is 12.9. The van der Waals surface area contributed by atoms with Crippen molar-refractivity contribution in [2.24, 2.45) is 0 Å². The van der Waals surface area contributed by atoms with Crippen molar-refractivity contribution >= 4 is 0 Å². The summed E-state index contributed by atoms with van der Waals surface area (Å²) in [6, 6.07) is 0. The molecular weight excluding hydrogens is 134 g/mol. The highest BCUT2D eigenvalue weighted by molar-refractivity contribution is 5.05. The van der Waals surface area contributed by atoms with Crippen LogP contribution in [0.5, 0.6) is 0 Å². The Labute approximate surface area is 71.2 Å². The lowest BCUT2D eigenvalue weighted by atomic mass is 10.4. The van der Waals surface area contributed by atoms with Crippen molar-refractivity contribution in [2.75, 3.05) is 0 Å². The molecule has 0 amide bonds. The Morgan fingerprint density at radius 3 is 1.36 bits per heavy atom. The molecule has 0 aliphatic heterocycles. The van der Waals surface area contributed by atoms with Gasteiger partial charge >= 0.3 is 0 Å². The van der Waals surface area contributed by atoms with Crippen LogP contribution in [0.2, 0.25) is 0 Å². The zero-order valence-electron chi connectivity index (χ0n) is 8.65. The standard InChI is InChI=1S/C8H15N.C2H6/c1-5-7(3)9-8(4)6-2;1-2/h5-6,9H,1-4H3;1-2H3/b7-5-,8-6-;. The van der Waals surface area contributed by atoms with Gasteiger partial charge in [0.15, 0.2) is 0 Å². The molecule has 0 heterocycles. The van der Waals surface area contributed by atoms with Crippen LogP contribution in [0.15, 0.2) is 23.5 Å². The van der Waals surface area contributed by atoms with Crippen molar-refractivity contribution in [3.05, 3.63) is 23.5 Å². The SMILES string of the molecule is C/C=C(/C)N/C(C)=C\C.CC. The molecule has 1 N–H and O–H groups in total. The summed E-state index contributed by atoms with van der Waals surface area (Å²) in [6.45, 7) is 12.1. The molecule has 66 valence electrons. The monoisotopic (exact) mass is 155 g/mol. The molecule has 0 rings (SSSR count). The van der Waals surface area contributed by atoms with E-state index < -0.39 is 0 Å². The van der Waals surface area contributed by atoms with Crippen LogP contribution in [0, 0.1) is 0 Å². The molecule has 1 nitrogen and oxygen atoms in total. The van der Waals surface area contributed by atoms with Crippen molar-refractivity contribution in [3.63, 3.8) is 0 Å². The topological polar surface area (TPSA) is 12.0 Å². The molecule has 0 aliphatic rings. The summed E-state index contributed by atoms with van der Waals surface area (Å²) in [6.07, 6.45) is 4.10. The van der Waals surface area contributed by atoms with Gasteiger partial charge in [0, 0.05) is 11.4 Å². The number of hydrogen-bond acceptors (Lipinski definition) is 1. The molecule has 11 heavy (non-hydrogen) atoms. The first-order valence-corrected chi connectivity index (χ1v) is 4.23. The Hall–Kier alpha value is -0.720. The van der Waals surface area contributed by atoms with Gasteiger partial charge < -0.3 is 5.32 Å². The Kier molecular flexibility index (Phi) is 10.9. The highest BCUT2D eigenvalue weighted by Gasteiger charge is 1.83. The van der Waals surface area contributed by atoms with Gasteiger partial charge in [-0.3, -0.25) is 0 Å². The average molecular weight is 155 g/mol. The number of allylic oxidation sites excluding steroid dienone is 4. The first-order valence-electron chi connectivity index (χ1n) is 4.23. The highest BCUT2D eigenvalue weighted by atomic mass is 14.9. The van der Waals surface area contributed by atoms with E-state index in [1.165, 1.54) is 11.4 Å². The van der Waals surface area contributed by atoms with Gasteiger partial charge in [-0.2, -0.15) is 0 Å². The maximum atomic E-state index is 3.20. The minimum absolute atomic E-state index is 1.20. The number of nitrogens with one attached hydrogen (secondary N) is 1. The van der Waals surface area contributed by atoms with Crippen LogP contribution in [-0.2, 0) is 0 Å². The predicted octanol–water partition coefficient (Wildman–Crippen LogP) is 3.45. The Morgan fingerprint density at radius 1 is 0.909 bits per heavy atom. The Morgan fingerprint density at radius 2 is 1.18 bits per heavy atom. The fraction of sp³-hybridized carbons (Fsp3) is 0.600. The van der Waals surface area contributed by atoms with E-state index in [0.29, 0.717) is 0 Å². The molecule has 0 spiro atoms. The van der Waals surface area contributed by atoms with Crippen molar-refractivity contribution in [3.8, 4) is 0 Å². The minimum atomic E-state index is 1.20. The number of hydrogen-bond donors (Lipinski definition) is 1. The summed E-state index contributed by atoms with van der Waals surface area (Å²) in [5.74, 6) is 0. The van der Waals surface area contributed by atoms with E-state index in [9.17, 15) is 0 Å². The van der Waals surface area contributed by atoms with E-state index in [4.69, 9.17) is 0 Å². The third kappa shape index (κ3) is 9.28. The van der Waals surface area contributed by atoms with Crippen molar-refractivity contribution in [1.82, 2.24) is 5.32 Å². The van der Waals surface area contributed by atoms with Crippen molar-refractivity contribution < 1.29 is 0 Å². The zero-order chi connectivity index (χ0) is 9.28. The molecule has 0 aliphatic carbocycles. The summed E-state index contributed by atoms with van der Waals surface area (Å²) in [5.41, 5.74) is 2.40. The van der Waals surface area contributed by atoms with Crippen LogP contribution in [0.3, 0.4) is 0 Å². The second-order valence-corrected chi connectivity index (χ2v) is 2.07. The third-order valence-electron chi connectivity index (χ3n) is 1.26. The van der Waals surface area contributed by atoms with Gasteiger partial charge in [0.25, 0.3) is 0 Å². The van der Waals surface area contributed by atoms with Gasteiger partial charge in [-0.25, -0.2) is 0 Å².